The molecule has 0 radical (unpaired) electrons. The van der Waals surface area contributed by atoms with E-state index in [-0.39, 0.29) is 31.1 Å². The molecule has 0 unspecified atom stereocenters. The molecule has 51 heavy (non-hydrogen) atoms. The van der Waals surface area contributed by atoms with E-state index in [1.807, 2.05) is 109 Å². The molecule has 0 spiro atoms. The smallest absolute Gasteiger partial charge is 0.243 e. The number of carbonyl (C=O) groups excluding carboxylic acids is 3. The van der Waals surface area contributed by atoms with Crippen molar-refractivity contribution in [3.8, 4) is 22.3 Å². The van der Waals surface area contributed by atoms with Gasteiger partial charge in [0.2, 0.25) is 17.7 Å². The summed E-state index contributed by atoms with van der Waals surface area (Å²) in [5.74, 6) is -1.39. The molecule has 0 saturated carbocycles. The topological polar surface area (TPSA) is 201 Å². The SMILES string of the molecule is N=C(N)NCCCCNC(=O)[C@H](Cc1ccc(-c2ccccc2)cc1)NC(=O)[C@H](CCCN)NC(=O)[C@@H](N)Cc1ccc(-c2ccccc2)cc1. The van der Waals surface area contributed by atoms with Crippen LogP contribution in [0.25, 0.3) is 22.3 Å². The molecule has 4 aromatic carbocycles. The molecule has 4 aromatic rings. The van der Waals surface area contributed by atoms with Crippen molar-refractivity contribution >= 4 is 23.7 Å². The Labute approximate surface area is 300 Å². The molecule has 0 aromatic heterocycles. The van der Waals surface area contributed by atoms with E-state index in [9.17, 15) is 14.4 Å². The highest BCUT2D eigenvalue weighted by Crippen LogP contribution is 2.21. The fourth-order valence-electron chi connectivity index (χ4n) is 5.67. The summed E-state index contributed by atoms with van der Waals surface area (Å²) in [6, 6.07) is 33.0. The van der Waals surface area contributed by atoms with Crippen molar-refractivity contribution in [3.63, 3.8) is 0 Å². The molecule has 268 valence electrons. The van der Waals surface area contributed by atoms with Crippen LogP contribution in [-0.2, 0) is 27.2 Å². The van der Waals surface area contributed by atoms with E-state index >= 15 is 0 Å². The summed E-state index contributed by atoms with van der Waals surface area (Å²) in [4.78, 5) is 40.5. The Morgan fingerprint density at radius 1 is 0.569 bits per heavy atom. The minimum atomic E-state index is -0.930. The Kier molecular flexibility index (Phi) is 15.2. The quantitative estimate of drug-likeness (QED) is 0.0419. The normalized spacial score (nSPS) is 12.6. The van der Waals surface area contributed by atoms with E-state index in [2.05, 4.69) is 21.3 Å². The second-order valence-electron chi connectivity index (χ2n) is 12.5. The minimum Gasteiger partial charge on any atom is -0.370 e. The van der Waals surface area contributed by atoms with Crippen molar-refractivity contribution < 1.29 is 14.4 Å². The Hall–Kier alpha value is -5.52. The maximum atomic E-state index is 13.7. The highest BCUT2D eigenvalue weighted by atomic mass is 16.2. The summed E-state index contributed by atoms with van der Waals surface area (Å²) in [7, 11) is 0. The Bertz CT molecular complexity index is 1680. The second kappa shape index (κ2) is 20.2. The van der Waals surface area contributed by atoms with Gasteiger partial charge in [0.1, 0.15) is 12.1 Å². The van der Waals surface area contributed by atoms with Crippen LogP contribution in [0.2, 0.25) is 0 Å². The lowest BCUT2D eigenvalue weighted by Crippen LogP contribution is -2.56. The zero-order chi connectivity index (χ0) is 36.4. The van der Waals surface area contributed by atoms with Crippen molar-refractivity contribution in [1.82, 2.24) is 21.3 Å². The summed E-state index contributed by atoms with van der Waals surface area (Å²) >= 11 is 0. The van der Waals surface area contributed by atoms with Gasteiger partial charge in [-0.25, -0.2) is 0 Å². The van der Waals surface area contributed by atoms with E-state index in [0.29, 0.717) is 38.9 Å². The average Bonchev–Trinajstić information content (AvgIpc) is 3.15. The third-order valence-corrected chi connectivity index (χ3v) is 8.54. The molecular weight excluding hydrogens is 640 g/mol. The molecular formula is C40H50N8O3. The van der Waals surface area contributed by atoms with Crippen LogP contribution in [0.15, 0.2) is 109 Å². The van der Waals surface area contributed by atoms with Gasteiger partial charge in [-0.15, -0.1) is 0 Å². The Morgan fingerprint density at radius 2 is 1.04 bits per heavy atom. The largest absolute Gasteiger partial charge is 0.370 e. The van der Waals surface area contributed by atoms with Gasteiger partial charge in [-0.1, -0.05) is 109 Å². The summed E-state index contributed by atoms with van der Waals surface area (Å²) in [6.07, 6.45) is 2.66. The van der Waals surface area contributed by atoms with Crippen molar-refractivity contribution in [2.45, 2.75) is 56.7 Å². The van der Waals surface area contributed by atoms with Gasteiger partial charge in [-0.3, -0.25) is 19.8 Å². The van der Waals surface area contributed by atoms with Gasteiger partial charge in [-0.2, -0.15) is 0 Å². The van der Waals surface area contributed by atoms with Crippen LogP contribution in [0.3, 0.4) is 0 Å². The van der Waals surface area contributed by atoms with E-state index in [1.54, 1.807) is 0 Å². The lowest BCUT2D eigenvalue weighted by molar-refractivity contribution is -0.132. The average molecular weight is 691 g/mol. The first-order valence-corrected chi connectivity index (χ1v) is 17.4. The molecule has 0 saturated heterocycles. The number of unbranched alkanes of at least 4 members (excludes halogenated alkanes) is 1. The number of benzene rings is 4. The van der Waals surface area contributed by atoms with Crippen LogP contribution in [-0.4, -0.2) is 61.4 Å². The van der Waals surface area contributed by atoms with Gasteiger partial charge in [0.05, 0.1) is 6.04 Å². The van der Waals surface area contributed by atoms with Gasteiger partial charge >= 0.3 is 0 Å². The van der Waals surface area contributed by atoms with Crippen LogP contribution >= 0.6 is 0 Å². The number of nitrogens with one attached hydrogen (secondary N) is 5. The van der Waals surface area contributed by atoms with Gasteiger partial charge < -0.3 is 38.5 Å². The van der Waals surface area contributed by atoms with Crippen LogP contribution in [0.1, 0.15) is 36.8 Å². The van der Waals surface area contributed by atoms with Gasteiger partial charge in [0.25, 0.3) is 0 Å². The predicted molar refractivity (Wildman–Crippen MR) is 203 cm³/mol. The monoisotopic (exact) mass is 690 g/mol. The molecule has 0 bridgehead atoms. The molecule has 3 amide bonds. The highest BCUT2D eigenvalue weighted by molar-refractivity contribution is 5.93. The Balaban J connectivity index is 1.41. The molecule has 11 nitrogen and oxygen atoms in total. The van der Waals surface area contributed by atoms with Gasteiger partial charge in [-0.05, 0) is 72.0 Å². The number of guanidine groups is 1. The van der Waals surface area contributed by atoms with Crippen LogP contribution in [0, 0.1) is 5.41 Å². The van der Waals surface area contributed by atoms with E-state index in [1.165, 1.54) is 0 Å². The minimum absolute atomic E-state index is 0.102. The predicted octanol–water partition coefficient (Wildman–Crippen LogP) is 3.22. The first-order valence-electron chi connectivity index (χ1n) is 17.4. The van der Waals surface area contributed by atoms with Crippen LogP contribution in [0.5, 0.6) is 0 Å². The summed E-state index contributed by atoms with van der Waals surface area (Å²) < 4.78 is 0. The molecule has 0 aliphatic carbocycles. The zero-order valence-electron chi connectivity index (χ0n) is 28.9. The maximum absolute atomic E-state index is 13.7. The second-order valence-corrected chi connectivity index (χ2v) is 12.5. The van der Waals surface area contributed by atoms with Crippen molar-refractivity contribution in [2.75, 3.05) is 19.6 Å². The molecule has 11 N–H and O–H groups in total. The number of carbonyl (C=O) groups is 3. The molecule has 4 rings (SSSR count). The lowest BCUT2D eigenvalue weighted by atomic mass is 9.99. The first kappa shape index (κ1) is 38.3. The first-order chi connectivity index (χ1) is 24.7. The molecule has 0 heterocycles. The van der Waals surface area contributed by atoms with E-state index in [4.69, 9.17) is 22.6 Å². The van der Waals surface area contributed by atoms with E-state index in [0.717, 1.165) is 33.4 Å². The molecule has 0 aliphatic rings. The van der Waals surface area contributed by atoms with Crippen LogP contribution in [0.4, 0.5) is 0 Å². The number of hydrogen-bond acceptors (Lipinski definition) is 6. The van der Waals surface area contributed by atoms with Crippen molar-refractivity contribution in [1.29, 1.82) is 5.41 Å². The lowest BCUT2D eigenvalue weighted by Gasteiger charge is -2.24. The molecule has 11 heteroatoms. The number of nitrogens with two attached hydrogens (primary N) is 3. The fraction of sp³-hybridized carbons (Fsp3) is 0.300. The molecule has 0 fully saturated rings. The molecule has 3 atom stereocenters. The van der Waals surface area contributed by atoms with Crippen LogP contribution < -0.4 is 38.5 Å². The standard InChI is InChI=1S/C40H50N8O3/c41-23-9-14-35(47-37(49)34(42)26-28-15-19-32(20-16-28)30-10-3-1-4-11-30)39(51)48-36(38(50)45-24-7-8-25-46-40(43)44)27-29-17-21-33(22-18-29)31-12-5-2-6-13-31/h1-6,10-13,15-22,34-36H,7-9,14,23-27,41-42H2,(H,45,50)(H,47,49)(H,48,51)(H4,43,44,46)/t34-,35-,36-/m0/s1. The number of amides is 3. The van der Waals surface area contributed by atoms with E-state index < -0.39 is 29.9 Å². The summed E-state index contributed by atoms with van der Waals surface area (Å²) in [6.45, 7) is 1.23. The zero-order valence-corrected chi connectivity index (χ0v) is 28.9. The van der Waals surface area contributed by atoms with Crippen molar-refractivity contribution in [3.05, 3.63) is 120 Å². The number of rotatable bonds is 19. The Morgan fingerprint density at radius 3 is 1.55 bits per heavy atom. The summed E-state index contributed by atoms with van der Waals surface area (Å²) in [5.41, 5.74) is 23.5. The highest BCUT2D eigenvalue weighted by Gasteiger charge is 2.28. The van der Waals surface area contributed by atoms with Crippen molar-refractivity contribution in [2.24, 2.45) is 17.2 Å². The third kappa shape index (κ3) is 12.7. The van der Waals surface area contributed by atoms with Gasteiger partial charge in [0, 0.05) is 19.5 Å². The maximum Gasteiger partial charge on any atom is 0.243 e. The molecule has 0 aliphatic heterocycles. The summed E-state index contributed by atoms with van der Waals surface area (Å²) in [5, 5.41) is 18.7. The third-order valence-electron chi connectivity index (χ3n) is 8.54. The number of hydrogen-bond donors (Lipinski definition) is 8. The fourth-order valence-corrected chi connectivity index (χ4v) is 5.67. The van der Waals surface area contributed by atoms with Gasteiger partial charge in [0.15, 0.2) is 5.96 Å².